The van der Waals surface area contributed by atoms with Crippen LogP contribution in [0.5, 0.6) is 0 Å². The van der Waals surface area contributed by atoms with Crippen molar-refractivity contribution < 1.29 is 5.21 Å². The molecule has 0 aliphatic rings. The van der Waals surface area contributed by atoms with E-state index in [2.05, 4.69) is 20.6 Å². The number of nitrogens with zero attached hydrogens (tertiary/aromatic N) is 5. The van der Waals surface area contributed by atoms with Crippen molar-refractivity contribution in [1.82, 2.24) is 20.2 Å². The van der Waals surface area contributed by atoms with Crippen LogP contribution in [0.1, 0.15) is 17.0 Å². The topological polar surface area (TPSA) is 102 Å². The fourth-order valence-electron chi connectivity index (χ4n) is 1.44. The zero-order chi connectivity index (χ0) is 12.3. The van der Waals surface area contributed by atoms with Crippen LogP contribution >= 0.6 is 0 Å². The highest BCUT2D eigenvalue weighted by molar-refractivity contribution is 5.97. The number of oxime groups is 1. The van der Waals surface area contributed by atoms with Crippen LogP contribution in [0.4, 0.5) is 0 Å². The van der Waals surface area contributed by atoms with E-state index < -0.39 is 0 Å². The predicted molar refractivity (Wildman–Crippen MR) is 60.6 cm³/mol. The summed E-state index contributed by atoms with van der Waals surface area (Å²) in [6, 6.07) is 7.31. The maximum Gasteiger partial charge on any atom is 0.171 e. The molecule has 0 radical (unpaired) electrons. The third-order valence-electron chi connectivity index (χ3n) is 2.21. The SMILES string of the molecule is Cc1nnn(Cc2cccc(C(N)=NO)c2)n1. The van der Waals surface area contributed by atoms with Crippen molar-refractivity contribution in [2.24, 2.45) is 10.9 Å². The Morgan fingerprint density at radius 1 is 1.53 bits per heavy atom. The van der Waals surface area contributed by atoms with Crippen LogP contribution in [-0.2, 0) is 6.54 Å². The zero-order valence-electron chi connectivity index (χ0n) is 9.28. The van der Waals surface area contributed by atoms with Crippen LogP contribution in [0.3, 0.4) is 0 Å². The summed E-state index contributed by atoms with van der Waals surface area (Å²) in [5.74, 6) is 0.701. The van der Waals surface area contributed by atoms with Gasteiger partial charge in [0.25, 0.3) is 0 Å². The molecule has 0 aliphatic heterocycles. The van der Waals surface area contributed by atoms with E-state index in [0.29, 0.717) is 17.9 Å². The number of hydrogen-bond donors (Lipinski definition) is 2. The second-order valence-corrected chi connectivity index (χ2v) is 3.55. The summed E-state index contributed by atoms with van der Waals surface area (Å²) in [6.45, 7) is 2.27. The summed E-state index contributed by atoms with van der Waals surface area (Å²) in [5, 5.41) is 23.3. The van der Waals surface area contributed by atoms with Gasteiger partial charge >= 0.3 is 0 Å². The molecule has 0 fully saturated rings. The molecule has 0 amide bonds. The molecule has 7 nitrogen and oxygen atoms in total. The summed E-state index contributed by atoms with van der Waals surface area (Å²) in [7, 11) is 0. The first-order valence-electron chi connectivity index (χ1n) is 5.00. The van der Waals surface area contributed by atoms with Gasteiger partial charge < -0.3 is 10.9 Å². The lowest BCUT2D eigenvalue weighted by atomic mass is 10.1. The van der Waals surface area contributed by atoms with E-state index in [4.69, 9.17) is 10.9 Å². The molecule has 2 rings (SSSR count). The highest BCUT2D eigenvalue weighted by Crippen LogP contribution is 2.06. The molecule has 3 N–H and O–H groups in total. The van der Waals surface area contributed by atoms with E-state index in [1.807, 2.05) is 18.2 Å². The van der Waals surface area contributed by atoms with Crippen molar-refractivity contribution >= 4 is 5.84 Å². The Bertz CT molecular complexity index is 547. The number of rotatable bonds is 3. The lowest BCUT2D eigenvalue weighted by Gasteiger charge is -2.03. The Kier molecular flexibility index (Phi) is 2.99. The summed E-state index contributed by atoms with van der Waals surface area (Å²) in [6.07, 6.45) is 0. The lowest BCUT2D eigenvalue weighted by molar-refractivity contribution is 0.318. The molecular formula is C10H12N6O. The molecule has 0 bridgehead atoms. The first-order valence-corrected chi connectivity index (χ1v) is 5.00. The van der Waals surface area contributed by atoms with Crippen LogP contribution in [0, 0.1) is 6.92 Å². The third-order valence-corrected chi connectivity index (χ3v) is 2.21. The maximum absolute atomic E-state index is 8.60. The molecule has 1 heterocycles. The highest BCUT2D eigenvalue weighted by atomic mass is 16.4. The van der Waals surface area contributed by atoms with Crippen LogP contribution in [0.2, 0.25) is 0 Å². The minimum Gasteiger partial charge on any atom is -0.409 e. The molecule has 0 atom stereocenters. The van der Waals surface area contributed by atoms with Gasteiger partial charge in [0, 0.05) is 5.56 Å². The molecule has 0 aliphatic carbocycles. The minimum atomic E-state index is 0.0783. The summed E-state index contributed by atoms with van der Waals surface area (Å²) < 4.78 is 0. The van der Waals surface area contributed by atoms with E-state index in [1.54, 1.807) is 13.0 Å². The van der Waals surface area contributed by atoms with Gasteiger partial charge in [-0.2, -0.15) is 4.80 Å². The van der Waals surface area contributed by atoms with Gasteiger partial charge in [0.2, 0.25) is 0 Å². The molecule has 0 saturated heterocycles. The van der Waals surface area contributed by atoms with Gasteiger partial charge in [-0.3, -0.25) is 0 Å². The van der Waals surface area contributed by atoms with Gasteiger partial charge in [0.15, 0.2) is 11.7 Å². The van der Waals surface area contributed by atoms with Gasteiger partial charge in [-0.15, -0.1) is 10.2 Å². The first-order chi connectivity index (χ1) is 8.19. The van der Waals surface area contributed by atoms with Crippen LogP contribution in [-0.4, -0.2) is 31.3 Å². The van der Waals surface area contributed by atoms with Crippen molar-refractivity contribution in [1.29, 1.82) is 0 Å². The Hall–Kier alpha value is -2.44. The standard InChI is InChI=1S/C10H12N6O/c1-7-12-15-16(13-7)6-8-3-2-4-9(5-8)10(11)14-17/h2-5,17H,6H2,1H3,(H2,11,14). The predicted octanol–water partition coefficient (Wildman–Crippen LogP) is 0.124. The molecule has 88 valence electrons. The van der Waals surface area contributed by atoms with Crippen molar-refractivity contribution in [3.05, 3.63) is 41.2 Å². The summed E-state index contributed by atoms with van der Waals surface area (Å²) in [4.78, 5) is 1.49. The number of amidine groups is 1. The third kappa shape index (κ3) is 2.57. The van der Waals surface area contributed by atoms with Crippen molar-refractivity contribution in [2.75, 3.05) is 0 Å². The first kappa shape index (κ1) is 11.1. The average Bonchev–Trinajstić information content (AvgIpc) is 2.74. The lowest BCUT2D eigenvalue weighted by Crippen LogP contribution is -2.13. The fraction of sp³-hybridized carbons (Fsp3) is 0.200. The van der Waals surface area contributed by atoms with Gasteiger partial charge in [-0.1, -0.05) is 23.4 Å². The second-order valence-electron chi connectivity index (χ2n) is 3.55. The number of aryl methyl sites for hydroxylation is 1. The van der Waals surface area contributed by atoms with Crippen molar-refractivity contribution in [3.8, 4) is 0 Å². The summed E-state index contributed by atoms with van der Waals surface area (Å²) >= 11 is 0. The molecule has 0 saturated carbocycles. The van der Waals surface area contributed by atoms with E-state index >= 15 is 0 Å². The van der Waals surface area contributed by atoms with Crippen LogP contribution < -0.4 is 5.73 Å². The number of nitrogens with two attached hydrogens (primary N) is 1. The number of benzene rings is 1. The van der Waals surface area contributed by atoms with E-state index in [-0.39, 0.29) is 5.84 Å². The molecule has 1 aromatic heterocycles. The summed E-state index contributed by atoms with van der Waals surface area (Å²) in [5.41, 5.74) is 7.12. The number of tetrazole rings is 1. The largest absolute Gasteiger partial charge is 0.409 e. The minimum absolute atomic E-state index is 0.0783. The van der Waals surface area contributed by atoms with E-state index in [9.17, 15) is 0 Å². The molecular weight excluding hydrogens is 220 g/mol. The number of hydrogen-bond acceptors (Lipinski definition) is 5. The normalized spacial score (nSPS) is 11.7. The van der Waals surface area contributed by atoms with Gasteiger partial charge in [0.05, 0.1) is 6.54 Å². The van der Waals surface area contributed by atoms with Crippen LogP contribution in [0.15, 0.2) is 29.4 Å². The monoisotopic (exact) mass is 232 g/mol. The van der Waals surface area contributed by atoms with E-state index in [1.165, 1.54) is 4.80 Å². The molecule has 17 heavy (non-hydrogen) atoms. The molecule has 0 spiro atoms. The van der Waals surface area contributed by atoms with E-state index in [0.717, 1.165) is 5.56 Å². The van der Waals surface area contributed by atoms with Gasteiger partial charge in [-0.25, -0.2) is 0 Å². The van der Waals surface area contributed by atoms with Crippen molar-refractivity contribution in [2.45, 2.75) is 13.5 Å². The molecule has 1 aromatic carbocycles. The molecule has 0 unspecified atom stereocenters. The Balaban J connectivity index is 2.22. The van der Waals surface area contributed by atoms with Crippen molar-refractivity contribution in [3.63, 3.8) is 0 Å². The van der Waals surface area contributed by atoms with Gasteiger partial charge in [-0.05, 0) is 23.8 Å². The quantitative estimate of drug-likeness (QED) is 0.339. The molecule has 7 heteroatoms. The number of aromatic nitrogens is 4. The Morgan fingerprint density at radius 2 is 2.35 bits per heavy atom. The highest BCUT2D eigenvalue weighted by Gasteiger charge is 2.03. The maximum atomic E-state index is 8.60. The Labute approximate surface area is 97.6 Å². The Morgan fingerprint density at radius 3 is 3.00 bits per heavy atom. The zero-order valence-corrected chi connectivity index (χ0v) is 9.28. The average molecular weight is 232 g/mol. The molecule has 2 aromatic rings. The van der Waals surface area contributed by atoms with Crippen LogP contribution in [0.25, 0.3) is 0 Å². The fourth-order valence-corrected chi connectivity index (χ4v) is 1.44. The second kappa shape index (κ2) is 4.60. The smallest absolute Gasteiger partial charge is 0.171 e. The van der Waals surface area contributed by atoms with Gasteiger partial charge in [0.1, 0.15) is 0 Å².